The van der Waals surface area contributed by atoms with Crippen molar-refractivity contribution in [3.05, 3.63) is 47.4 Å². The Balaban J connectivity index is 2.47. The zero-order valence-corrected chi connectivity index (χ0v) is 9.13. The van der Waals surface area contributed by atoms with E-state index in [0.29, 0.717) is 10.6 Å². The van der Waals surface area contributed by atoms with Gasteiger partial charge in [-0.25, -0.2) is 0 Å². The standard InChI is InChI=1S/C11H6ClF3N2/c12-9-3-7(5-16-6-9)10-4-8(1-2-17-10)11(13,14)15/h1-6H. The highest BCUT2D eigenvalue weighted by atomic mass is 35.5. The summed E-state index contributed by atoms with van der Waals surface area (Å²) in [5.41, 5.74) is -0.110. The van der Waals surface area contributed by atoms with Crippen molar-refractivity contribution in [1.82, 2.24) is 9.97 Å². The Morgan fingerprint density at radius 2 is 1.88 bits per heavy atom. The molecular formula is C11H6ClF3N2. The Morgan fingerprint density at radius 3 is 2.53 bits per heavy atom. The van der Waals surface area contributed by atoms with E-state index in [1.54, 1.807) is 0 Å². The van der Waals surface area contributed by atoms with Crippen molar-refractivity contribution in [3.63, 3.8) is 0 Å². The molecule has 2 nitrogen and oxygen atoms in total. The molecule has 0 unspecified atom stereocenters. The lowest BCUT2D eigenvalue weighted by Crippen LogP contribution is -2.05. The average Bonchev–Trinajstić information content (AvgIpc) is 2.28. The maximum Gasteiger partial charge on any atom is 0.416 e. The van der Waals surface area contributed by atoms with Gasteiger partial charge in [-0.15, -0.1) is 0 Å². The molecule has 0 saturated carbocycles. The summed E-state index contributed by atoms with van der Waals surface area (Å²) in [4.78, 5) is 7.66. The van der Waals surface area contributed by atoms with Gasteiger partial charge in [0.1, 0.15) is 0 Å². The topological polar surface area (TPSA) is 25.8 Å². The van der Waals surface area contributed by atoms with E-state index >= 15 is 0 Å². The van der Waals surface area contributed by atoms with Crippen LogP contribution in [0.3, 0.4) is 0 Å². The number of aromatic nitrogens is 2. The van der Waals surface area contributed by atoms with Crippen LogP contribution in [-0.4, -0.2) is 9.97 Å². The fourth-order valence-electron chi connectivity index (χ4n) is 1.32. The Labute approximate surface area is 100 Å². The van der Waals surface area contributed by atoms with E-state index in [1.165, 1.54) is 18.5 Å². The number of hydrogen-bond donors (Lipinski definition) is 0. The molecule has 0 bridgehead atoms. The summed E-state index contributed by atoms with van der Waals surface area (Å²) < 4.78 is 37.5. The molecule has 2 rings (SSSR count). The second-order valence-corrected chi connectivity index (χ2v) is 3.76. The Bertz CT molecular complexity index is 540. The molecule has 0 aliphatic heterocycles. The molecule has 0 spiro atoms. The van der Waals surface area contributed by atoms with Gasteiger partial charge in [-0.3, -0.25) is 9.97 Å². The Hall–Kier alpha value is -1.62. The second kappa shape index (κ2) is 4.33. The highest BCUT2D eigenvalue weighted by molar-refractivity contribution is 6.30. The number of pyridine rings is 2. The summed E-state index contributed by atoms with van der Waals surface area (Å²) in [5.74, 6) is 0. The normalized spacial score (nSPS) is 11.5. The third-order valence-electron chi connectivity index (χ3n) is 2.09. The van der Waals surface area contributed by atoms with Gasteiger partial charge in [0, 0.05) is 24.2 Å². The van der Waals surface area contributed by atoms with Gasteiger partial charge in [-0.1, -0.05) is 11.6 Å². The van der Waals surface area contributed by atoms with Crippen molar-refractivity contribution >= 4 is 11.6 Å². The van der Waals surface area contributed by atoms with E-state index in [9.17, 15) is 13.2 Å². The smallest absolute Gasteiger partial charge is 0.262 e. The minimum absolute atomic E-state index is 0.190. The Kier molecular flexibility index (Phi) is 3.02. The number of alkyl halides is 3. The van der Waals surface area contributed by atoms with E-state index in [4.69, 9.17) is 11.6 Å². The van der Waals surface area contributed by atoms with Crippen molar-refractivity contribution < 1.29 is 13.2 Å². The third-order valence-corrected chi connectivity index (χ3v) is 2.29. The first-order valence-corrected chi connectivity index (χ1v) is 4.99. The number of nitrogens with zero attached hydrogens (tertiary/aromatic N) is 2. The molecular weight excluding hydrogens is 253 g/mol. The van der Waals surface area contributed by atoms with Crippen molar-refractivity contribution in [2.75, 3.05) is 0 Å². The fourth-order valence-corrected chi connectivity index (χ4v) is 1.49. The molecule has 0 radical (unpaired) electrons. The molecule has 0 aliphatic carbocycles. The summed E-state index contributed by atoms with van der Waals surface area (Å²) in [7, 11) is 0. The van der Waals surface area contributed by atoms with Gasteiger partial charge in [0.15, 0.2) is 0 Å². The van der Waals surface area contributed by atoms with Crippen LogP contribution in [0, 0.1) is 0 Å². The fraction of sp³-hybridized carbons (Fsp3) is 0.0909. The van der Waals surface area contributed by atoms with Gasteiger partial charge in [0.05, 0.1) is 16.3 Å². The zero-order valence-electron chi connectivity index (χ0n) is 8.37. The molecule has 0 amide bonds. The van der Waals surface area contributed by atoms with E-state index in [1.807, 2.05) is 0 Å². The zero-order chi connectivity index (χ0) is 12.5. The van der Waals surface area contributed by atoms with E-state index in [0.717, 1.165) is 18.3 Å². The van der Waals surface area contributed by atoms with Crippen LogP contribution in [0.4, 0.5) is 13.2 Å². The van der Waals surface area contributed by atoms with Crippen LogP contribution in [0.15, 0.2) is 36.8 Å². The van der Waals surface area contributed by atoms with Crippen LogP contribution in [-0.2, 0) is 6.18 Å². The molecule has 17 heavy (non-hydrogen) atoms. The summed E-state index contributed by atoms with van der Waals surface area (Å²) in [5, 5.41) is 0.349. The molecule has 6 heteroatoms. The SMILES string of the molecule is FC(F)(F)c1ccnc(-c2cncc(Cl)c2)c1. The monoisotopic (exact) mass is 258 g/mol. The van der Waals surface area contributed by atoms with E-state index in [2.05, 4.69) is 9.97 Å². The van der Waals surface area contributed by atoms with E-state index < -0.39 is 11.7 Å². The maximum atomic E-state index is 12.5. The van der Waals surface area contributed by atoms with Crippen LogP contribution in [0.25, 0.3) is 11.3 Å². The number of rotatable bonds is 1. The molecule has 0 aliphatic rings. The number of hydrogen-bond acceptors (Lipinski definition) is 2. The lowest BCUT2D eigenvalue weighted by molar-refractivity contribution is -0.137. The molecule has 0 fully saturated rings. The first-order valence-electron chi connectivity index (χ1n) is 4.61. The predicted octanol–water partition coefficient (Wildman–Crippen LogP) is 3.82. The van der Waals surface area contributed by atoms with Gasteiger partial charge in [0.2, 0.25) is 0 Å². The highest BCUT2D eigenvalue weighted by Gasteiger charge is 2.30. The Morgan fingerprint density at radius 1 is 1.12 bits per heavy atom. The highest BCUT2D eigenvalue weighted by Crippen LogP contribution is 2.31. The molecule has 88 valence electrons. The summed E-state index contributed by atoms with van der Waals surface area (Å²) in [6.07, 6.45) is -0.463. The maximum absolute atomic E-state index is 12.5. The van der Waals surface area contributed by atoms with Gasteiger partial charge < -0.3 is 0 Å². The van der Waals surface area contributed by atoms with Crippen molar-refractivity contribution in [2.24, 2.45) is 0 Å². The molecule has 2 aromatic rings. The molecule has 0 N–H and O–H groups in total. The molecule has 0 atom stereocenters. The van der Waals surface area contributed by atoms with Crippen molar-refractivity contribution in [2.45, 2.75) is 6.18 Å². The predicted molar refractivity (Wildman–Crippen MR) is 57.5 cm³/mol. The largest absolute Gasteiger partial charge is 0.416 e. The van der Waals surface area contributed by atoms with Crippen molar-refractivity contribution in [1.29, 1.82) is 0 Å². The van der Waals surface area contributed by atoms with Crippen molar-refractivity contribution in [3.8, 4) is 11.3 Å². The van der Waals surface area contributed by atoms with Crippen LogP contribution < -0.4 is 0 Å². The number of halogens is 4. The summed E-state index contributed by atoms with van der Waals surface area (Å²) in [6.45, 7) is 0. The van der Waals surface area contributed by atoms with Crippen LogP contribution in [0.1, 0.15) is 5.56 Å². The molecule has 0 saturated heterocycles. The van der Waals surface area contributed by atoms with Crippen LogP contribution >= 0.6 is 11.6 Å². The first-order chi connectivity index (χ1) is 7.97. The molecule has 2 heterocycles. The molecule has 2 aromatic heterocycles. The second-order valence-electron chi connectivity index (χ2n) is 3.32. The minimum atomic E-state index is -4.39. The lowest BCUT2D eigenvalue weighted by Gasteiger charge is -2.07. The van der Waals surface area contributed by atoms with Gasteiger partial charge in [-0.05, 0) is 18.2 Å². The summed E-state index contributed by atoms with van der Waals surface area (Å²) >= 11 is 5.71. The van der Waals surface area contributed by atoms with Gasteiger partial charge in [-0.2, -0.15) is 13.2 Å². The van der Waals surface area contributed by atoms with E-state index in [-0.39, 0.29) is 5.69 Å². The quantitative estimate of drug-likeness (QED) is 0.777. The van der Waals surface area contributed by atoms with Gasteiger partial charge in [0.25, 0.3) is 0 Å². The molecule has 0 aromatic carbocycles. The average molecular weight is 259 g/mol. The third kappa shape index (κ3) is 2.74. The van der Waals surface area contributed by atoms with Crippen LogP contribution in [0.5, 0.6) is 0 Å². The van der Waals surface area contributed by atoms with Crippen LogP contribution in [0.2, 0.25) is 5.02 Å². The first kappa shape index (κ1) is 11.9. The summed E-state index contributed by atoms with van der Waals surface area (Å²) in [6, 6.07) is 3.39. The lowest BCUT2D eigenvalue weighted by atomic mass is 10.1. The minimum Gasteiger partial charge on any atom is -0.262 e. The van der Waals surface area contributed by atoms with Gasteiger partial charge >= 0.3 is 6.18 Å².